The zero-order valence-electron chi connectivity index (χ0n) is 16.2. The summed E-state index contributed by atoms with van der Waals surface area (Å²) >= 11 is 0. The molecule has 1 amide bonds. The molecule has 0 saturated carbocycles. The van der Waals surface area contributed by atoms with Gasteiger partial charge in [-0.2, -0.15) is 0 Å². The van der Waals surface area contributed by atoms with E-state index in [1.807, 2.05) is 49.3 Å². The van der Waals surface area contributed by atoms with Gasteiger partial charge >= 0.3 is 0 Å². The zero-order chi connectivity index (χ0) is 19.2. The summed E-state index contributed by atoms with van der Waals surface area (Å²) in [6.45, 7) is 3.04. The number of rotatable bonds is 7. The van der Waals surface area contributed by atoms with E-state index in [4.69, 9.17) is 9.47 Å². The van der Waals surface area contributed by atoms with Crippen LogP contribution in [0, 0.1) is 0 Å². The van der Waals surface area contributed by atoms with E-state index in [1.54, 1.807) is 7.11 Å². The van der Waals surface area contributed by atoms with Crippen LogP contribution in [0.2, 0.25) is 0 Å². The summed E-state index contributed by atoms with van der Waals surface area (Å²) in [5, 5.41) is 6.33. The average molecular weight is 369 g/mol. The van der Waals surface area contributed by atoms with Gasteiger partial charge in [-0.15, -0.1) is 0 Å². The first-order valence-electron chi connectivity index (χ1n) is 9.17. The third-order valence-corrected chi connectivity index (χ3v) is 4.60. The van der Waals surface area contributed by atoms with Crippen LogP contribution >= 0.6 is 0 Å². The second-order valence-corrected chi connectivity index (χ2v) is 6.84. The molecule has 0 bridgehead atoms. The number of likely N-dealkylation sites (N-methyl/N-ethyl adjacent to an activating group) is 1. The van der Waals surface area contributed by atoms with Crippen molar-refractivity contribution in [3.63, 3.8) is 0 Å². The number of nitrogens with one attached hydrogen (secondary N) is 2. The third kappa shape index (κ3) is 4.78. The molecule has 6 heteroatoms. The van der Waals surface area contributed by atoms with Gasteiger partial charge in [0.2, 0.25) is 0 Å². The van der Waals surface area contributed by atoms with Crippen molar-refractivity contribution in [3.05, 3.63) is 53.1 Å². The normalized spacial score (nSPS) is 13.2. The molecule has 2 N–H and O–H groups in total. The molecule has 2 aromatic carbocycles. The van der Waals surface area contributed by atoms with E-state index in [0.29, 0.717) is 23.8 Å². The Morgan fingerprint density at radius 3 is 2.85 bits per heavy atom. The maximum atomic E-state index is 12.8. The van der Waals surface area contributed by atoms with Crippen LogP contribution in [0.1, 0.15) is 21.5 Å². The lowest BCUT2D eigenvalue weighted by molar-refractivity contribution is 0.102. The van der Waals surface area contributed by atoms with Gasteiger partial charge in [-0.05, 0) is 56.4 Å². The molecule has 2 aromatic rings. The molecule has 0 aliphatic carbocycles. The van der Waals surface area contributed by atoms with E-state index in [0.717, 1.165) is 37.2 Å². The van der Waals surface area contributed by atoms with Crippen LogP contribution in [0.15, 0.2) is 36.4 Å². The molecule has 144 valence electrons. The first-order chi connectivity index (χ1) is 13.1. The van der Waals surface area contributed by atoms with Crippen molar-refractivity contribution in [2.75, 3.05) is 46.2 Å². The van der Waals surface area contributed by atoms with E-state index in [-0.39, 0.29) is 5.91 Å². The predicted octanol–water partition coefficient (Wildman–Crippen LogP) is 2.53. The van der Waals surface area contributed by atoms with Crippen molar-refractivity contribution in [1.82, 2.24) is 10.2 Å². The minimum atomic E-state index is -0.0989. The molecule has 1 aliphatic heterocycles. The largest absolute Gasteiger partial charge is 0.493 e. The van der Waals surface area contributed by atoms with Gasteiger partial charge in [-0.1, -0.05) is 12.1 Å². The van der Waals surface area contributed by atoms with E-state index in [1.165, 1.54) is 5.56 Å². The number of methoxy groups -OCH3 is 1. The maximum absolute atomic E-state index is 12.8. The molecule has 0 radical (unpaired) electrons. The van der Waals surface area contributed by atoms with E-state index < -0.39 is 0 Å². The van der Waals surface area contributed by atoms with E-state index in [2.05, 4.69) is 16.7 Å². The fraction of sp³-hybridized carbons (Fsp3) is 0.381. The van der Waals surface area contributed by atoms with E-state index in [9.17, 15) is 4.79 Å². The molecular formula is C21H27N3O3. The van der Waals surface area contributed by atoms with Crippen molar-refractivity contribution in [1.29, 1.82) is 0 Å². The first kappa shape index (κ1) is 19.2. The topological polar surface area (TPSA) is 62.8 Å². The Labute approximate surface area is 160 Å². The SMILES string of the molecule is COc1ccc(NC(=O)c2cccc3c2CCNC3)cc1OCCN(C)C. The van der Waals surface area contributed by atoms with Gasteiger partial charge in [-0.25, -0.2) is 0 Å². The number of nitrogens with zero attached hydrogens (tertiary/aromatic N) is 1. The molecule has 0 spiro atoms. The highest BCUT2D eigenvalue weighted by Gasteiger charge is 2.18. The maximum Gasteiger partial charge on any atom is 0.255 e. The summed E-state index contributed by atoms with van der Waals surface area (Å²) < 4.78 is 11.2. The van der Waals surface area contributed by atoms with Crippen LogP contribution in [-0.2, 0) is 13.0 Å². The van der Waals surface area contributed by atoms with Crippen molar-refractivity contribution in [2.24, 2.45) is 0 Å². The molecule has 6 nitrogen and oxygen atoms in total. The van der Waals surface area contributed by atoms with Gasteiger partial charge in [0.1, 0.15) is 6.61 Å². The number of anilines is 1. The first-order valence-corrected chi connectivity index (χ1v) is 9.17. The molecule has 1 heterocycles. The molecular weight excluding hydrogens is 342 g/mol. The van der Waals surface area contributed by atoms with E-state index >= 15 is 0 Å². The highest BCUT2D eigenvalue weighted by Crippen LogP contribution is 2.30. The number of ether oxygens (including phenoxy) is 2. The van der Waals surface area contributed by atoms with Gasteiger partial charge in [0.05, 0.1) is 7.11 Å². The van der Waals surface area contributed by atoms with Gasteiger partial charge in [0.25, 0.3) is 5.91 Å². The van der Waals surface area contributed by atoms with Crippen LogP contribution in [-0.4, -0.2) is 51.7 Å². The second kappa shape index (κ2) is 8.88. The minimum Gasteiger partial charge on any atom is -0.493 e. The third-order valence-electron chi connectivity index (χ3n) is 4.60. The predicted molar refractivity (Wildman–Crippen MR) is 107 cm³/mol. The minimum absolute atomic E-state index is 0.0989. The van der Waals surface area contributed by atoms with Crippen LogP contribution in [0.4, 0.5) is 5.69 Å². The summed E-state index contributed by atoms with van der Waals surface area (Å²) in [5.74, 6) is 1.17. The monoisotopic (exact) mass is 369 g/mol. The molecule has 27 heavy (non-hydrogen) atoms. The lowest BCUT2D eigenvalue weighted by Crippen LogP contribution is -2.26. The molecule has 1 aliphatic rings. The van der Waals surface area contributed by atoms with Crippen molar-refractivity contribution in [3.8, 4) is 11.5 Å². The van der Waals surface area contributed by atoms with Gasteiger partial charge in [-0.3, -0.25) is 4.79 Å². The average Bonchev–Trinajstić information content (AvgIpc) is 2.67. The summed E-state index contributed by atoms with van der Waals surface area (Å²) in [7, 11) is 5.59. The fourth-order valence-electron chi connectivity index (χ4n) is 3.15. The number of carbonyl (C=O) groups excluding carboxylic acids is 1. The van der Waals surface area contributed by atoms with Crippen molar-refractivity contribution >= 4 is 11.6 Å². The fourth-order valence-corrected chi connectivity index (χ4v) is 3.15. The molecule has 0 fully saturated rings. The van der Waals surface area contributed by atoms with Crippen molar-refractivity contribution < 1.29 is 14.3 Å². The second-order valence-electron chi connectivity index (χ2n) is 6.84. The van der Waals surface area contributed by atoms with Crippen LogP contribution in [0.3, 0.4) is 0 Å². The van der Waals surface area contributed by atoms with Gasteiger partial charge in [0, 0.05) is 30.4 Å². The summed E-state index contributed by atoms with van der Waals surface area (Å²) in [6.07, 6.45) is 0.862. The Bertz CT molecular complexity index is 805. The lowest BCUT2D eigenvalue weighted by atomic mass is 9.95. The number of carbonyl (C=O) groups is 1. The van der Waals surface area contributed by atoms with Crippen LogP contribution in [0.5, 0.6) is 11.5 Å². The highest BCUT2D eigenvalue weighted by molar-refractivity contribution is 6.05. The molecule has 0 unspecified atom stereocenters. The van der Waals surface area contributed by atoms with Crippen LogP contribution in [0.25, 0.3) is 0 Å². The Morgan fingerprint density at radius 2 is 2.07 bits per heavy atom. The number of hydrogen-bond donors (Lipinski definition) is 2. The molecule has 0 atom stereocenters. The molecule has 0 aromatic heterocycles. The quantitative estimate of drug-likeness (QED) is 0.785. The standard InChI is InChI=1S/C21H27N3O3/c1-24(2)11-12-27-20-13-16(7-8-19(20)26-3)23-21(25)18-6-4-5-15-14-22-10-9-17(15)18/h4-8,13,22H,9-12,14H2,1-3H3,(H,23,25). The highest BCUT2D eigenvalue weighted by atomic mass is 16.5. The Hall–Kier alpha value is -2.57. The van der Waals surface area contributed by atoms with Gasteiger partial charge in [0.15, 0.2) is 11.5 Å². The number of fused-ring (bicyclic) bond motifs is 1. The number of benzene rings is 2. The van der Waals surface area contributed by atoms with Crippen LogP contribution < -0.4 is 20.1 Å². The number of amides is 1. The Kier molecular flexibility index (Phi) is 6.32. The number of hydrogen-bond acceptors (Lipinski definition) is 5. The van der Waals surface area contributed by atoms with Gasteiger partial charge < -0.3 is 25.0 Å². The summed E-state index contributed by atoms with van der Waals surface area (Å²) in [5.41, 5.74) is 3.74. The molecule has 3 rings (SSSR count). The molecule has 0 saturated heterocycles. The summed E-state index contributed by atoms with van der Waals surface area (Å²) in [4.78, 5) is 14.9. The Balaban J connectivity index is 1.76. The summed E-state index contributed by atoms with van der Waals surface area (Å²) in [6, 6.07) is 11.3. The zero-order valence-corrected chi connectivity index (χ0v) is 16.2. The van der Waals surface area contributed by atoms with Crippen molar-refractivity contribution in [2.45, 2.75) is 13.0 Å². The Morgan fingerprint density at radius 1 is 1.22 bits per heavy atom. The lowest BCUT2D eigenvalue weighted by Gasteiger charge is -2.20. The smallest absolute Gasteiger partial charge is 0.255 e.